The van der Waals surface area contributed by atoms with E-state index in [0.717, 1.165) is 28.6 Å². The summed E-state index contributed by atoms with van der Waals surface area (Å²) in [5.74, 6) is 1.17. The van der Waals surface area contributed by atoms with Crippen LogP contribution < -0.4 is 14.9 Å². The average Bonchev–Trinajstić information content (AvgIpc) is 2.66. The van der Waals surface area contributed by atoms with Crippen LogP contribution >= 0.6 is 15.9 Å². The van der Waals surface area contributed by atoms with Gasteiger partial charge in [-0.2, -0.15) is 5.10 Å². The third kappa shape index (κ3) is 6.19. The maximum absolute atomic E-state index is 12.1. The molecule has 1 amide bonds. The minimum Gasteiger partial charge on any atom is -0.493 e. The number of halogens is 1. The third-order valence-electron chi connectivity index (χ3n) is 3.40. The number of carbonyl (C=O) groups is 1. The molecule has 2 rings (SSSR count). The first kappa shape index (κ1) is 20.0. The first-order valence-corrected chi connectivity index (χ1v) is 9.42. The molecule has 2 aromatic carbocycles. The van der Waals surface area contributed by atoms with Crippen molar-refractivity contribution in [2.45, 2.75) is 26.7 Å². The van der Waals surface area contributed by atoms with Crippen LogP contribution in [-0.2, 0) is 0 Å². The van der Waals surface area contributed by atoms with Gasteiger partial charge in [0.15, 0.2) is 0 Å². The van der Waals surface area contributed by atoms with E-state index < -0.39 is 0 Å². The summed E-state index contributed by atoms with van der Waals surface area (Å²) in [7, 11) is 0. The lowest BCUT2D eigenvalue weighted by molar-refractivity contribution is 0.0955. The van der Waals surface area contributed by atoms with Crippen molar-refractivity contribution in [3.05, 3.63) is 58.1 Å². The molecular weight excluding hydrogens is 396 g/mol. The molecule has 0 aliphatic rings. The van der Waals surface area contributed by atoms with Crippen molar-refractivity contribution in [1.29, 1.82) is 0 Å². The highest BCUT2D eigenvalue weighted by Gasteiger charge is 2.06. The smallest absolute Gasteiger partial charge is 0.271 e. The van der Waals surface area contributed by atoms with Crippen molar-refractivity contribution in [1.82, 2.24) is 5.43 Å². The summed E-state index contributed by atoms with van der Waals surface area (Å²) in [4.78, 5) is 12.1. The molecule has 0 unspecified atom stereocenters. The normalized spacial score (nSPS) is 10.7. The molecule has 0 radical (unpaired) electrons. The lowest BCUT2D eigenvalue weighted by atomic mass is 10.2. The van der Waals surface area contributed by atoms with E-state index in [2.05, 4.69) is 33.4 Å². The molecule has 0 atom stereocenters. The number of rotatable bonds is 9. The summed E-state index contributed by atoms with van der Waals surface area (Å²) in [6, 6.07) is 12.7. The Balaban J connectivity index is 2.06. The fraction of sp³-hybridized carbons (Fsp3) is 0.300. The molecular formula is C20H23BrN2O3. The SMILES string of the molecule is CCCOc1ccc(/C=N\NC(=O)c2ccc(Br)cc2)c(OCCC)c1. The van der Waals surface area contributed by atoms with Crippen LogP contribution in [0, 0.1) is 0 Å². The minimum absolute atomic E-state index is 0.271. The van der Waals surface area contributed by atoms with E-state index in [-0.39, 0.29) is 5.91 Å². The minimum atomic E-state index is -0.271. The first-order valence-electron chi connectivity index (χ1n) is 8.62. The third-order valence-corrected chi connectivity index (χ3v) is 3.92. The molecule has 0 aromatic heterocycles. The van der Waals surface area contributed by atoms with E-state index in [1.807, 2.05) is 37.3 Å². The summed E-state index contributed by atoms with van der Waals surface area (Å²) in [5, 5.41) is 4.04. The van der Waals surface area contributed by atoms with Crippen molar-refractivity contribution < 1.29 is 14.3 Å². The number of ether oxygens (including phenoxy) is 2. The van der Waals surface area contributed by atoms with Crippen LogP contribution in [0.5, 0.6) is 11.5 Å². The number of hydrogen-bond acceptors (Lipinski definition) is 4. The second-order valence-corrected chi connectivity index (χ2v) is 6.52. The van der Waals surface area contributed by atoms with E-state index in [0.29, 0.717) is 24.5 Å². The van der Waals surface area contributed by atoms with Gasteiger partial charge in [0.25, 0.3) is 5.91 Å². The molecule has 0 aliphatic carbocycles. The van der Waals surface area contributed by atoms with E-state index >= 15 is 0 Å². The van der Waals surface area contributed by atoms with Crippen LogP contribution in [0.3, 0.4) is 0 Å². The molecule has 0 saturated carbocycles. The topological polar surface area (TPSA) is 59.9 Å². The number of hydrazone groups is 1. The molecule has 0 fully saturated rings. The molecule has 26 heavy (non-hydrogen) atoms. The van der Waals surface area contributed by atoms with Crippen LogP contribution in [0.2, 0.25) is 0 Å². The van der Waals surface area contributed by atoms with Crippen LogP contribution in [0.15, 0.2) is 52.0 Å². The number of amides is 1. The van der Waals surface area contributed by atoms with Gasteiger partial charge in [0.1, 0.15) is 11.5 Å². The zero-order valence-electron chi connectivity index (χ0n) is 15.0. The summed E-state index contributed by atoms with van der Waals surface area (Å²) in [5.41, 5.74) is 3.84. The Bertz CT molecular complexity index is 745. The highest BCUT2D eigenvalue weighted by molar-refractivity contribution is 9.10. The lowest BCUT2D eigenvalue weighted by Gasteiger charge is -2.11. The Morgan fingerprint density at radius 2 is 1.77 bits per heavy atom. The van der Waals surface area contributed by atoms with Gasteiger partial charge in [0.2, 0.25) is 0 Å². The van der Waals surface area contributed by atoms with Gasteiger partial charge in [0, 0.05) is 21.7 Å². The maximum atomic E-state index is 12.1. The van der Waals surface area contributed by atoms with Crippen LogP contribution in [0.1, 0.15) is 42.6 Å². The molecule has 138 valence electrons. The largest absolute Gasteiger partial charge is 0.493 e. The Kier molecular flexibility index (Phi) is 8.15. The van der Waals surface area contributed by atoms with Gasteiger partial charge in [-0.1, -0.05) is 29.8 Å². The van der Waals surface area contributed by atoms with Gasteiger partial charge >= 0.3 is 0 Å². The Morgan fingerprint density at radius 1 is 1.08 bits per heavy atom. The van der Waals surface area contributed by atoms with Gasteiger partial charge in [-0.25, -0.2) is 5.43 Å². The van der Waals surface area contributed by atoms with E-state index in [1.165, 1.54) is 0 Å². The van der Waals surface area contributed by atoms with Crippen molar-refractivity contribution >= 4 is 28.1 Å². The number of nitrogens with one attached hydrogen (secondary N) is 1. The molecule has 0 heterocycles. The van der Waals surface area contributed by atoms with E-state index in [9.17, 15) is 4.79 Å². The number of carbonyl (C=O) groups excluding carboxylic acids is 1. The molecule has 0 bridgehead atoms. The number of nitrogens with zero attached hydrogens (tertiary/aromatic N) is 1. The summed E-state index contributed by atoms with van der Waals surface area (Å²) in [6.07, 6.45) is 3.42. The molecule has 6 heteroatoms. The Morgan fingerprint density at radius 3 is 2.46 bits per heavy atom. The predicted octanol–water partition coefficient (Wildman–Crippen LogP) is 4.79. The standard InChI is InChI=1S/C20H23BrN2O3/c1-3-11-25-18-10-7-16(19(13-18)26-12-4-2)14-22-23-20(24)15-5-8-17(21)9-6-15/h5-10,13-14H,3-4,11-12H2,1-2H3,(H,23,24)/b22-14-. The Labute approximate surface area is 162 Å². The van der Waals surface area contributed by atoms with Crippen molar-refractivity contribution in [2.24, 2.45) is 5.10 Å². The average molecular weight is 419 g/mol. The summed E-state index contributed by atoms with van der Waals surface area (Å²) >= 11 is 3.34. The molecule has 2 aromatic rings. The van der Waals surface area contributed by atoms with Gasteiger partial charge in [0.05, 0.1) is 19.4 Å². The van der Waals surface area contributed by atoms with Crippen LogP contribution in [0.25, 0.3) is 0 Å². The molecule has 0 aliphatic heterocycles. The monoisotopic (exact) mass is 418 g/mol. The van der Waals surface area contributed by atoms with Gasteiger partial charge in [-0.05, 0) is 49.2 Å². The fourth-order valence-electron chi connectivity index (χ4n) is 2.09. The Hall–Kier alpha value is -2.34. The van der Waals surface area contributed by atoms with Crippen LogP contribution in [0.4, 0.5) is 0 Å². The van der Waals surface area contributed by atoms with Gasteiger partial charge in [-0.15, -0.1) is 0 Å². The zero-order chi connectivity index (χ0) is 18.8. The maximum Gasteiger partial charge on any atom is 0.271 e. The van der Waals surface area contributed by atoms with Crippen molar-refractivity contribution in [3.8, 4) is 11.5 Å². The zero-order valence-corrected chi connectivity index (χ0v) is 16.6. The predicted molar refractivity (Wildman–Crippen MR) is 107 cm³/mol. The van der Waals surface area contributed by atoms with Crippen LogP contribution in [-0.4, -0.2) is 25.3 Å². The molecule has 0 spiro atoms. The van der Waals surface area contributed by atoms with Gasteiger partial charge < -0.3 is 9.47 Å². The van der Waals surface area contributed by atoms with Gasteiger partial charge in [-0.3, -0.25) is 4.79 Å². The molecule has 1 N–H and O–H groups in total. The lowest BCUT2D eigenvalue weighted by Crippen LogP contribution is -2.17. The van der Waals surface area contributed by atoms with Crippen molar-refractivity contribution in [3.63, 3.8) is 0 Å². The summed E-state index contributed by atoms with van der Waals surface area (Å²) < 4.78 is 12.3. The molecule has 5 nitrogen and oxygen atoms in total. The first-order chi connectivity index (χ1) is 12.6. The second kappa shape index (κ2) is 10.6. The van der Waals surface area contributed by atoms with Crippen molar-refractivity contribution in [2.75, 3.05) is 13.2 Å². The second-order valence-electron chi connectivity index (χ2n) is 5.60. The van der Waals surface area contributed by atoms with E-state index in [4.69, 9.17) is 9.47 Å². The highest BCUT2D eigenvalue weighted by Crippen LogP contribution is 2.24. The number of hydrogen-bond donors (Lipinski definition) is 1. The fourth-order valence-corrected chi connectivity index (χ4v) is 2.36. The quantitative estimate of drug-likeness (QED) is 0.470. The van der Waals surface area contributed by atoms with E-state index in [1.54, 1.807) is 18.3 Å². The summed E-state index contributed by atoms with van der Waals surface area (Å²) in [6.45, 7) is 5.36. The highest BCUT2D eigenvalue weighted by atomic mass is 79.9. The molecule has 0 saturated heterocycles. The number of benzene rings is 2.